The number of amides is 2. The molecule has 0 aliphatic heterocycles. The highest BCUT2D eigenvalue weighted by atomic mass is 16.5. The van der Waals surface area contributed by atoms with E-state index in [2.05, 4.69) is 10.9 Å². The summed E-state index contributed by atoms with van der Waals surface area (Å²) in [4.78, 5) is 24.5. The first-order chi connectivity index (χ1) is 12.9. The topological polar surface area (TPSA) is 67.4 Å². The van der Waals surface area contributed by atoms with Gasteiger partial charge in [0.1, 0.15) is 5.75 Å². The van der Waals surface area contributed by atoms with Crippen LogP contribution < -0.4 is 15.6 Å². The first-order valence-electron chi connectivity index (χ1n) is 10.2. The van der Waals surface area contributed by atoms with Crippen LogP contribution in [0.15, 0.2) is 18.2 Å². The zero-order valence-corrected chi connectivity index (χ0v) is 16.3. The fraction of sp³-hybridized carbons (Fsp3) is 0.636. The third-order valence-electron chi connectivity index (χ3n) is 6.80. The zero-order chi connectivity index (χ0) is 19.0. The van der Waals surface area contributed by atoms with Crippen molar-refractivity contribution in [2.24, 2.45) is 23.2 Å². The van der Waals surface area contributed by atoms with Crippen LogP contribution in [0.25, 0.3) is 0 Å². The van der Waals surface area contributed by atoms with Gasteiger partial charge in [0.05, 0.1) is 0 Å². The maximum absolute atomic E-state index is 12.4. The number of hydrazine groups is 1. The molecule has 1 aromatic rings. The molecule has 0 radical (unpaired) electrons. The van der Waals surface area contributed by atoms with Crippen LogP contribution in [0.2, 0.25) is 0 Å². The molecular weight excluding hydrogens is 340 g/mol. The molecule has 0 unspecified atom stereocenters. The SMILES string of the molecule is Cc1cccc(C)c1OCC(=O)NNC(=O)CC12CC3CC(CC(C3)C1)C2. The minimum Gasteiger partial charge on any atom is -0.483 e. The van der Waals surface area contributed by atoms with Crippen LogP contribution in [0.1, 0.15) is 56.1 Å². The van der Waals surface area contributed by atoms with Gasteiger partial charge in [0.2, 0.25) is 5.91 Å². The fourth-order valence-corrected chi connectivity index (χ4v) is 6.23. The van der Waals surface area contributed by atoms with Crippen LogP contribution in [-0.4, -0.2) is 18.4 Å². The predicted molar refractivity (Wildman–Crippen MR) is 103 cm³/mol. The van der Waals surface area contributed by atoms with Crippen molar-refractivity contribution in [2.45, 2.75) is 58.8 Å². The summed E-state index contributed by atoms with van der Waals surface area (Å²) in [5.41, 5.74) is 7.28. The maximum atomic E-state index is 12.4. The van der Waals surface area contributed by atoms with E-state index in [1.54, 1.807) is 0 Å². The Morgan fingerprint density at radius 2 is 1.48 bits per heavy atom. The van der Waals surface area contributed by atoms with E-state index >= 15 is 0 Å². The second kappa shape index (κ2) is 7.17. The third-order valence-corrected chi connectivity index (χ3v) is 6.80. The highest BCUT2D eigenvalue weighted by Gasteiger charge is 2.51. The quantitative estimate of drug-likeness (QED) is 0.780. The van der Waals surface area contributed by atoms with Gasteiger partial charge in [-0.3, -0.25) is 20.4 Å². The molecule has 0 spiro atoms. The molecule has 5 nitrogen and oxygen atoms in total. The van der Waals surface area contributed by atoms with Gasteiger partial charge in [-0.15, -0.1) is 0 Å². The van der Waals surface area contributed by atoms with E-state index < -0.39 is 0 Å². The lowest BCUT2D eigenvalue weighted by Crippen LogP contribution is -2.50. The van der Waals surface area contributed by atoms with E-state index in [-0.39, 0.29) is 23.8 Å². The Labute approximate surface area is 161 Å². The van der Waals surface area contributed by atoms with Crippen LogP contribution in [0, 0.1) is 37.0 Å². The van der Waals surface area contributed by atoms with E-state index in [1.807, 2.05) is 32.0 Å². The molecule has 4 fully saturated rings. The summed E-state index contributed by atoms with van der Waals surface area (Å²) in [5.74, 6) is 2.79. The van der Waals surface area contributed by atoms with Crippen LogP contribution in [0.5, 0.6) is 5.75 Å². The number of rotatable bonds is 5. The lowest BCUT2D eigenvalue weighted by atomic mass is 9.49. The summed E-state index contributed by atoms with van der Waals surface area (Å²) in [6.07, 6.45) is 8.21. The first kappa shape index (κ1) is 18.3. The molecule has 4 bridgehead atoms. The van der Waals surface area contributed by atoms with E-state index in [0.29, 0.717) is 6.42 Å². The van der Waals surface area contributed by atoms with Gasteiger partial charge in [-0.05, 0) is 86.7 Å². The molecule has 27 heavy (non-hydrogen) atoms. The molecule has 5 rings (SSSR count). The Morgan fingerprint density at radius 3 is 2.04 bits per heavy atom. The van der Waals surface area contributed by atoms with Gasteiger partial charge >= 0.3 is 0 Å². The van der Waals surface area contributed by atoms with Gasteiger partial charge in [-0.2, -0.15) is 0 Å². The molecule has 5 heteroatoms. The Kier molecular flexibility index (Phi) is 4.87. The Balaban J connectivity index is 1.24. The largest absolute Gasteiger partial charge is 0.483 e. The van der Waals surface area contributed by atoms with Crippen molar-refractivity contribution in [1.29, 1.82) is 0 Å². The second-order valence-corrected chi connectivity index (χ2v) is 9.20. The third kappa shape index (κ3) is 3.97. The van der Waals surface area contributed by atoms with Crippen LogP contribution in [-0.2, 0) is 9.59 Å². The molecule has 0 aromatic heterocycles. The molecular formula is C22H30N2O3. The van der Waals surface area contributed by atoms with E-state index in [9.17, 15) is 9.59 Å². The minimum absolute atomic E-state index is 0.0719. The highest BCUT2D eigenvalue weighted by molar-refractivity contribution is 5.83. The molecule has 4 aliphatic rings. The molecule has 0 heterocycles. The van der Waals surface area contributed by atoms with E-state index in [1.165, 1.54) is 38.5 Å². The van der Waals surface area contributed by atoms with Gasteiger partial charge in [-0.1, -0.05) is 18.2 Å². The lowest BCUT2D eigenvalue weighted by Gasteiger charge is -2.56. The van der Waals surface area contributed by atoms with Crippen LogP contribution in [0.4, 0.5) is 0 Å². The number of benzene rings is 1. The summed E-state index contributed by atoms with van der Waals surface area (Å²) >= 11 is 0. The number of aryl methyl sites for hydroxylation is 2. The molecule has 4 aliphatic carbocycles. The van der Waals surface area contributed by atoms with Gasteiger partial charge in [0, 0.05) is 6.42 Å². The monoisotopic (exact) mass is 370 g/mol. The number of ether oxygens (including phenoxy) is 1. The highest BCUT2D eigenvalue weighted by Crippen LogP contribution is 2.61. The maximum Gasteiger partial charge on any atom is 0.276 e. The van der Waals surface area contributed by atoms with Crippen molar-refractivity contribution in [1.82, 2.24) is 10.9 Å². The minimum atomic E-state index is -0.337. The summed E-state index contributed by atoms with van der Waals surface area (Å²) in [6, 6.07) is 5.86. The van der Waals surface area contributed by atoms with Crippen LogP contribution >= 0.6 is 0 Å². The second-order valence-electron chi connectivity index (χ2n) is 9.20. The Bertz CT molecular complexity index is 688. The van der Waals surface area contributed by atoms with Crippen molar-refractivity contribution in [3.05, 3.63) is 29.3 Å². The fourth-order valence-electron chi connectivity index (χ4n) is 6.23. The van der Waals surface area contributed by atoms with Gasteiger partial charge in [-0.25, -0.2) is 0 Å². The predicted octanol–water partition coefficient (Wildman–Crippen LogP) is 3.44. The van der Waals surface area contributed by atoms with Crippen LogP contribution in [0.3, 0.4) is 0 Å². The number of carbonyl (C=O) groups is 2. The Hall–Kier alpha value is -2.04. The van der Waals surface area contributed by atoms with Crippen molar-refractivity contribution < 1.29 is 14.3 Å². The normalized spacial score (nSPS) is 30.8. The standard InChI is InChI=1S/C22H30N2O3/c1-14-4-3-5-15(2)21(14)27-13-20(26)24-23-19(25)12-22-9-16-6-17(10-22)8-18(7-16)11-22/h3-5,16-18H,6-13H2,1-2H3,(H,23,25)(H,24,26). The lowest BCUT2D eigenvalue weighted by molar-refractivity contribution is -0.134. The number of para-hydroxylation sites is 1. The molecule has 0 saturated heterocycles. The average Bonchev–Trinajstić information content (AvgIpc) is 2.58. The summed E-state index contributed by atoms with van der Waals surface area (Å²) in [7, 11) is 0. The zero-order valence-electron chi connectivity index (χ0n) is 16.3. The van der Waals surface area contributed by atoms with Crippen molar-refractivity contribution in [2.75, 3.05) is 6.61 Å². The molecule has 2 N–H and O–H groups in total. The number of hydrogen-bond acceptors (Lipinski definition) is 3. The molecule has 4 saturated carbocycles. The van der Waals surface area contributed by atoms with Crippen molar-refractivity contribution in [3.8, 4) is 5.75 Å². The molecule has 1 aromatic carbocycles. The number of nitrogens with one attached hydrogen (secondary N) is 2. The molecule has 2 amide bonds. The summed E-state index contributed by atoms with van der Waals surface area (Å²) in [6.45, 7) is 3.80. The average molecular weight is 370 g/mol. The molecule has 146 valence electrons. The van der Waals surface area contributed by atoms with Crippen molar-refractivity contribution >= 4 is 11.8 Å². The smallest absolute Gasteiger partial charge is 0.276 e. The van der Waals surface area contributed by atoms with Gasteiger partial charge in [0.25, 0.3) is 5.91 Å². The Morgan fingerprint density at radius 1 is 0.963 bits per heavy atom. The van der Waals surface area contributed by atoms with Crippen molar-refractivity contribution in [3.63, 3.8) is 0 Å². The number of hydrogen-bond donors (Lipinski definition) is 2. The molecule has 0 atom stereocenters. The van der Waals surface area contributed by atoms with E-state index in [4.69, 9.17) is 4.74 Å². The first-order valence-corrected chi connectivity index (χ1v) is 10.2. The van der Waals surface area contributed by atoms with E-state index in [0.717, 1.165) is 34.6 Å². The van der Waals surface area contributed by atoms with Gasteiger partial charge < -0.3 is 4.74 Å². The van der Waals surface area contributed by atoms with Gasteiger partial charge in [0.15, 0.2) is 6.61 Å². The summed E-state index contributed by atoms with van der Waals surface area (Å²) in [5, 5.41) is 0. The number of carbonyl (C=O) groups excluding carboxylic acids is 2. The summed E-state index contributed by atoms with van der Waals surface area (Å²) < 4.78 is 5.63.